The van der Waals surface area contributed by atoms with Gasteiger partial charge in [-0.2, -0.15) is 0 Å². The second kappa shape index (κ2) is 6.10. The van der Waals surface area contributed by atoms with Crippen LogP contribution in [0.4, 0.5) is 0 Å². The molecule has 22 heavy (non-hydrogen) atoms. The van der Waals surface area contributed by atoms with Crippen LogP contribution in [0.25, 0.3) is 0 Å². The quantitative estimate of drug-likeness (QED) is 0.632. The zero-order valence-electron chi connectivity index (χ0n) is 13.9. The fourth-order valence-corrected chi connectivity index (χ4v) is 2.11. The highest BCUT2D eigenvalue weighted by Crippen LogP contribution is 2.50. The molecule has 1 saturated carbocycles. The van der Waals surface area contributed by atoms with E-state index in [1.807, 2.05) is 0 Å². The van der Waals surface area contributed by atoms with Gasteiger partial charge < -0.3 is 14.6 Å². The molecule has 0 aromatic carbocycles. The number of ether oxygens (including phenoxy) is 2. The molecule has 6 nitrogen and oxygen atoms in total. The predicted octanol–water partition coefficient (Wildman–Crippen LogP) is 2.17. The molecule has 1 N–H and O–H groups in total. The number of hydrogen-bond acceptors (Lipinski definition) is 5. The van der Waals surface area contributed by atoms with Gasteiger partial charge in [0.1, 0.15) is 11.2 Å². The fraction of sp³-hybridized carbons (Fsp3) is 0.688. The van der Waals surface area contributed by atoms with E-state index < -0.39 is 46.9 Å². The van der Waals surface area contributed by atoms with E-state index in [9.17, 15) is 14.4 Å². The summed E-state index contributed by atoms with van der Waals surface area (Å²) in [6.07, 6.45) is 2.29. The lowest BCUT2D eigenvalue weighted by molar-refractivity contribution is -0.163. The Morgan fingerprint density at radius 2 is 1.23 bits per heavy atom. The van der Waals surface area contributed by atoms with Crippen molar-refractivity contribution in [3.63, 3.8) is 0 Å². The highest BCUT2D eigenvalue weighted by molar-refractivity contribution is 5.90. The molecule has 1 aliphatic rings. The Morgan fingerprint density at radius 1 is 0.864 bits per heavy atom. The van der Waals surface area contributed by atoms with Crippen molar-refractivity contribution < 1.29 is 29.0 Å². The fourth-order valence-electron chi connectivity index (χ4n) is 2.11. The Bertz CT molecular complexity index is 458. The molecule has 1 rings (SSSR count). The molecule has 6 heteroatoms. The number of carboxylic acids is 1. The van der Waals surface area contributed by atoms with Crippen molar-refractivity contribution in [3.05, 3.63) is 12.2 Å². The van der Waals surface area contributed by atoms with Crippen LogP contribution in [-0.4, -0.2) is 34.2 Å². The number of esters is 2. The third kappa shape index (κ3) is 5.50. The van der Waals surface area contributed by atoms with Crippen LogP contribution in [0.1, 0.15) is 41.5 Å². The maximum atomic E-state index is 12.1. The first-order chi connectivity index (χ1) is 9.82. The molecule has 2 atom stereocenters. The molecule has 1 fully saturated rings. The molecule has 0 heterocycles. The van der Waals surface area contributed by atoms with Gasteiger partial charge in [0.05, 0.1) is 11.8 Å². The van der Waals surface area contributed by atoms with Crippen LogP contribution in [0.5, 0.6) is 0 Å². The summed E-state index contributed by atoms with van der Waals surface area (Å²) < 4.78 is 10.6. The SMILES string of the molecule is CC(C)(C)OC(=O)C1C(/C=C/C(=O)O)C1C(=O)OC(C)(C)C. The maximum absolute atomic E-state index is 12.1. The third-order valence-electron chi connectivity index (χ3n) is 2.89. The Labute approximate surface area is 130 Å². The van der Waals surface area contributed by atoms with Gasteiger partial charge in [-0.05, 0) is 41.5 Å². The summed E-state index contributed by atoms with van der Waals surface area (Å²) in [5.74, 6) is -4.03. The van der Waals surface area contributed by atoms with E-state index in [0.29, 0.717) is 0 Å². The first-order valence-corrected chi connectivity index (χ1v) is 7.19. The van der Waals surface area contributed by atoms with Gasteiger partial charge >= 0.3 is 17.9 Å². The van der Waals surface area contributed by atoms with Crippen molar-refractivity contribution in [3.8, 4) is 0 Å². The number of carboxylic acid groups (broad SMARTS) is 1. The van der Waals surface area contributed by atoms with Crippen LogP contribution in [-0.2, 0) is 23.9 Å². The molecule has 0 radical (unpaired) electrons. The van der Waals surface area contributed by atoms with Crippen LogP contribution < -0.4 is 0 Å². The molecule has 0 spiro atoms. The van der Waals surface area contributed by atoms with Gasteiger partial charge in [-0.1, -0.05) is 6.08 Å². The van der Waals surface area contributed by atoms with Crippen molar-refractivity contribution in [1.29, 1.82) is 0 Å². The van der Waals surface area contributed by atoms with Crippen LogP contribution in [0, 0.1) is 17.8 Å². The molecule has 0 aromatic heterocycles. The molecule has 0 aromatic rings. The van der Waals surface area contributed by atoms with Gasteiger partial charge in [0.25, 0.3) is 0 Å². The highest BCUT2D eigenvalue weighted by Gasteiger charge is 2.60. The lowest BCUT2D eigenvalue weighted by atomic mass is 10.2. The van der Waals surface area contributed by atoms with Crippen molar-refractivity contribution in [2.24, 2.45) is 17.8 Å². The normalized spacial score (nSPS) is 24.9. The average Bonchev–Trinajstić information content (AvgIpc) is 2.95. The van der Waals surface area contributed by atoms with E-state index >= 15 is 0 Å². The number of hydrogen-bond donors (Lipinski definition) is 1. The minimum atomic E-state index is -1.13. The molecular weight excluding hydrogens is 288 g/mol. The van der Waals surface area contributed by atoms with Crippen molar-refractivity contribution >= 4 is 17.9 Å². The van der Waals surface area contributed by atoms with Gasteiger partial charge in [-0.25, -0.2) is 4.79 Å². The highest BCUT2D eigenvalue weighted by atomic mass is 16.6. The smallest absolute Gasteiger partial charge is 0.327 e. The van der Waals surface area contributed by atoms with Crippen LogP contribution in [0.2, 0.25) is 0 Å². The van der Waals surface area contributed by atoms with E-state index in [1.165, 1.54) is 6.08 Å². The Hall–Kier alpha value is -1.85. The molecule has 0 amide bonds. The van der Waals surface area contributed by atoms with E-state index in [1.54, 1.807) is 41.5 Å². The topological polar surface area (TPSA) is 89.9 Å². The van der Waals surface area contributed by atoms with Crippen LogP contribution >= 0.6 is 0 Å². The van der Waals surface area contributed by atoms with Crippen molar-refractivity contribution in [1.82, 2.24) is 0 Å². The second-order valence-corrected chi connectivity index (χ2v) is 7.39. The van der Waals surface area contributed by atoms with Gasteiger partial charge in [-0.15, -0.1) is 0 Å². The molecule has 0 aliphatic heterocycles. The zero-order chi connectivity index (χ0) is 17.3. The van der Waals surface area contributed by atoms with Crippen molar-refractivity contribution in [2.45, 2.75) is 52.7 Å². The van der Waals surface area contributed by atoms with Gasteiger partial charge in [0.15, 0.2) is 0 Å². The minimum Gasteiger partial charge on any atom is -0.478 e. The van der Waals surface area contributed by atoms with Crippen molar-refractivity contribution in [2.75, 3.05) is 0 Å². The predicted molar refractivity (Wildman–Crippen MR) is 78.9 cm³/mol. The molecular formula is C16H24O6. The number of aliphatic carboxylic acids is 1. The molecule has 0 saturated heterocycles. The Morgan fingerprint density at radius 3 is 1.50 bits per heavy atom. The summed E-state index contributed by atoms with van der Waals surface area (Å²) >= 11 is 0. The second-order valence-electron chi connectivity index (χ2n) is 7.39. The lowest BCUT2D eigenvalue weighted by Crippen LogP contribution is -2.28. The summed E-state index contributed by atoms with van der Waals surface area (Å²) in [6, 6.07) is 0. The largest absolute Gasteiger partial charge is 0.478 e. The Balaban J connectivity index is 2.85. The van der Waals surface area contributed by atoms with Crippen LogP contribution in [0.15, 0.2) is 12.2 Å². The van der Waals surface area contributed by atoms with Crippen LogP contribution in [0.3, 0.4) is 0 Å². The monoisotopic (exact) mass is 312 g/mol. The number of allylic oxidation sites excluding steroid dienone is 1. The first-order valence-electron chi connectivity index (χ1n) is 7.19. The van der Waals surface area contributed by atoms with E-state index in [2.05, 4.69) is 0 Å². The number of rotatable bonds is 4. The van der Waals surface area contributed by atoms with E-state index in [-0.39, 0.29) is 0 Å². The summed E-state index contributed by atoms with van der Waals surface area (Å²) in [7, 11) is 0. The van der Waals surface area contributed by atoms with Gasteiger partial charge in [0.2, 0.25) is 0 Å². The lowest BCUT2D eigenvalue weighted by Gasteiger charge is -2.20. The standard InChI is InChI=1S/C16H24O6/c1-15(2,3)21-13(19)11-9(7-8-10(17)18)12(11)14(20)22-16(4,5)6/h7-9,11-12H,1-6H3,(H,17,18)/b8-7+. The first kappa shape index (κ1) is 18.2. The molecule has 0 bridgehead atoms. The van der Waals surface area contributed by atoms with E-state index in [0.717, 1.165) is 6.08 Å². The minimum absolute atomic E-state index is 0.499. The maximum Gasteiger partial charge on any atom is 0.327 e. The third-order valence-corrected chi connectivity index (χ3v) is 2.89. The number of carbonyl (C=O) groups is 3. The average molecular weight is 312 g/mol. The van der Waals surface area contributed by atoms with E-state index in [4.69, 9.17) is 14.6 Å². The summed E-state index contributed by atoms with van der Waals surface area (Å²) in [5.41, 5.74) is -1.33. The Kier molecular flexibility index (Phi) is 5.05. The summed E-state index contributed by atoms with van der Waals surface area (Å²) in [5, 5.41) is 8.69. The molecule has 2 unspecified atom stereocenters. The van der Waals surface area contributed by atoms with Gasteiger partial charge in [0, 0.05) is 12.0 Å². The summed E-state index contributed by atoms with van der Waals surface area (Å²) in [6.45, 7) is 10.4. The summed E-state index contributed by atoms with van der Waals surface area (Å²) in [4.78, 5) is 34.9. The van der Waals surface area contributed by atoms with Gasteiger partial charge in [-0.3, -0.25) is 9.59 Å². The zero-order valence-corrected chi connectivity index (χ0v) is 13.9. The molecule has 124 valence electrons. The molecule has 1 aliphatic carbocycles. The number of carbonyl (C=O) groups excluding carboxylic acids is 2.